The Morgan fingerprint density at radius 1 is 0.974 bits per heavy atom. The van der Waals surface area contributed by atoms with E-state index in [-0.39, 0.29) is 0 Å². The third kappa shape index (κ3) is 4.14. The lowest BCUT2D eigenvalue weighted by atomic mass is 9.89. The number of nitrogens with one attached hydrogen (secondary N) is 1. The molecular formula is C31H28N2O5. The molecule has 1 N–H and O–H groups in total. The molecule has 0 fully saturated rings. The zero-order chi connectivity index (χ0) is 26.4. The number of furan rings is 1. The summed E-state index contributed by atoms with van der Waals surface area (Å²) < 4.78 is 17.3. The molecule has 0 aliphatic heterocycles. The van der Waals surface area contributed by atoms with Gasteiger partial charge in [-0.05, 0) is 69.4 Å². The maximum Gasteiger partial charge on any atom is 0.339 e. The minimum atomic E-state index is -1.04. The second-order valence-corrected chi connectivity index (χ2v) is 9.82. The van der Waals surface area contributed by atoms with Gasteiger partial charge in [0.15, 0.2) is 6.10 Å². The fourth-order valence-electron chi connectivity index (χ4n) is 5.30. The van der Waals surface area contributed by atoms with Crippen molar-refractivity contribution in [3.8, 4) is 5.75 Å². The first-order chi connectivity index (χ1) is 18.4. The number of esters is 1. The van der Waals surface area contributed by atoms with E-state index in [1.165, 1.54) is 0 Å². The summed E-state index contributed by atoms with van der Waals surface area (Å²) in [5.74, 6) is -0.486. The molecule has 192 valence electrons. The summed E-state index contributed by atoms with van der Waals surface area (Å²) in [5, 5.41) is 5.46. The number of fused-ring (bicyclic) bond motifs is 5. The highest BCUT2D eigenvalue weighted by Crippen LogP contribution is 2.36. The smallest absolute Gasteiger partial charge is 0.339 e. The number of aromatic nitrogens is 1. The molecule has 0 saturated heterocycles. The average Bonchev–Trinajstić information content (AvgIpc) is 3.28. The van der Waals surface area contributed by atoms with E-state index >= 15 is 0 Å². The number of amides is 1. The van der Waals surface area contributed by atoms with Crippen LogP contribution in [0.25, 0.3) is 32.8 Å². The summed E-state index contributed by atoms with van der Waals surface area (Å²) in [6.45, 7) is 3.55. The highest BCUT2D eigenvalue weighted by molar-refractivity contribution is 6.09. The third-order valence-electron chi connectivity index (χ3n) is 7.23. The molecule has 7 nitrogen and oxygen atoms in total. The highest BCUT2D eigenvalue weighted by Gasteiger charge is 2.27. The maximum atomic E-state index is 13.5. The van der Waals surface area contributed by atoms with Gasteiger partial charge in [-0.2, -0.15) is 0 Å². The Morgan fingerprint density at radius 3 is 2.63 bits per heavy atom. The molecule has 6 rings (SSSR count). The van der Waals surface area contributed by atoms with Crippen molar-refractivity contribution >= 4 is 50.4 Å². The van der Waals surface area contributed by atoms with Crippen LogP contribution < -0.4 is 10.1 Å². The quantitative estimate of drug-likeness (QED) is 0.272. The molecule has 0 saturated carbocycles. The van der Waals surface area contributed by atoms with Gasteiger partial charge in [0.05, 0.1) is 23.9 Å². The Bertz CT molecular complexity index is 1740. The molecule has 0 radical (unpaired) electrons. The van der Waals surface area contributed by atoms with E-state index in [1.54, 1.807) is 20.1 Å². The zero-order valence-corrected chi connectivity index (χ0v) is 21.6. The van der Waals surface area contributed by atoms with Crippen LogP contribution in [0.1, 0.15) is 46.9 Å². The summed E-state index contributed by atoms with van der Waals surface area (Å²) in [7, 11) is 1.54. The van der Waals surface area contributed by atoms with Crippen LogP contribution in [-0.4, -0.2) is 30.1 Å². The Balaban J connectivity index is 1.29. The maximum absolute atomic E-state index is 13.5. The van der Waals surface area contributed by atoms with Gasteiger partial charge in [-0.1, -0.05) is 29.8 Å². The van der Waals surface area contributed by atoms with Crippen LogP contribution in [-0.2, 0) is 22.4 Å². The van der Waals surface area contributed by atoms with E-state index in [0.29, 0.717) is 22.6 Å². The number of anilines is 1. The molecule has 0 bridgehead atoms. The van der Waals surface area contributed by atoms with Gasteiger partial charge in [-0.25, -0.2) is 4.79 Å². The number of rotatable bonds is 5. The van der Waals surface area contributed by atoms with Crippen LogP contribution in [0.5, 0.6) is 5.75 Å². The number of methoxy groups -OCH3 is 1. The normalized spacial score (nSPS) is 13.9. The van der Waals surface area contributed by atoms with Crippen molar-refractivity contribution < 1.29 is 23.5 Å². The van der Waals surface area contributed by atoms with Crippen molar-refractivity contribution in [1.29, 1.82) is 0 Å². The standard InChI is InChI=1S/C31H28N2O5/c1-17-12-13-24-22(14-17)29(20-9-4-6-10-23(20)32-24)31(35)37-18(2)30(34)33-25-16-27-21(15-28(25)36-3)19-8-5-7-11-26(19)38-27/h5,7-8,11-16,18H,4,6,9-10H2,1-3H3,(H,33,34)/t18-/m0/s1. The molecule has 5 aromatic rings. The van der Waals surface area contributed by atoms with Gasteiger partial charge in [0.25, 0.3) is 5.91 Å². The van der Waals surface area contributed by atoms with Crippen molar-refractivity contribution in [2.24, 2.45) is 0 Å². The molecule has 3 aromatic carbocycles. The Hall–Kier alpha value is -4.39. The molecule has 1 aliphatic carbocycles. The van der Waals surface area contributed by atoms with E-state index in [9.17, 15) is 9.59 Å². The van der Waals surface area contributed by atoms with E-state index in [2.05, 4.69) is 5.32 Å². The summed E-state index contributed by atoms with van der Waals surface area (Å²) in [6.07, 6.45) is 2.60. The summed E-state index contributed by atoms with van der Waals surface area (Å²) >= 11 is 0. The van der Waals surface area contributed by atoms with Crippen molar-refractivity contribution in [3.63, 3.8) is 0 Å². The number of carbonyl (C=O) groups excluding carboxylic acids is 2. The van der Waals surface area contributed by atoms with E-state index < -0.39 is 18.0 Å². The summed E-state index contributed by atoms with van der Waals surface area (Å²) in [6, 6.07) is 17.2. The van der Waals surface area contributed by atoms with Gasteiger partial charge >= 0.3 is 5.97 Å². The fraction of sp³-hybridized carbons (Fsp3) is 0.258. The lowest BCUT2D eigenvalue weighted by Gasteiger charge is -2.21. The minimum Gasteiger partial charge on any atom is -0.495 e. The monoisotopic (exact) mass is 508 g/mol. The Kier molecular flexibility index (Phi) is 5.98. The van der Waals surface area contributed by atoms with Gasteiger partial charge in [-0.15, -0.1) is 0 Å². The minimum absolute atomic E-state index is 0.439. The number of carbonyl (C=O) groups is 2. The molecular weight excluding hydrogens is 480 g/mol. The SMILES string of the molecule is COc1cc2c(cc1NC(=O)[C@H](C)OC(=O)c1c3c(nc4ccc(C)cc14)CCCC3)oc1ccccc12. The van der Waals surface area contributed by atoms with Crippen molar-refractivity contribution in [2.75, 3.05) is 12.4 Å². The van der Waals surface area contributed by atoms with E-state index in [0.717, 1.165) is 69.8 Å². The second-order valence-electron chi connectivity index (χ2n) is 9.82. The Labute approximate surface area is 219 Å². The fourth-order valence-corrected chi connectivity index (χ4v) is 5.30. The van der Waals surface area contributed by atoms with Gasteiger partial charge in [0.1, 0.15) is 16.9 Å². The van der Waals surface area contributed by atoms with Crippen LogP contribution in [0.2, 0.25) is 0 Å². The third-order valence-corrected chi connectivity index (χ3v) is 7.23. The van der Waals surface area contributed by atoms with Gasteiger partial charge in [0, 0.05) is 27.9 Å². The first kappa shape index (κ1) is 24.0. The molecule has 1 aliphatic rings. The van der Waals surface area contributed by atoms with Crippen LogP contribution in [0.3, 0.4) is 0 Å². The lowest BCUT2D eigenvalue weighted by Crippen LogP contribution is -2.30. The van der Waals surface area contributed by atoms with Gasteiger partial charge < -0.3 is 19.2 Å². The largest absolute Gasteiger partial charge is 0.495 e. The number of ether oxygens (including phenoxy) is 2. The van der Waals surface area contributed by atoms with Crippen LogP contribution in [0, 0.1) is 6.92 Å². The van der Waals surface area contributed by atoms with Crippen LogP contribution in [0.4, 0.5) is 5.69 Å². The van der Waals surface area contributed by atoms with Crippen molar-refractivity contribution in [3.05, 3.63) is 77.0 Å². The number of hydrogen-bond donors (Lipinski definition) is 1. The first-order valence-corrected chi connectivity index (χ1v) is 12.9. The highest BCUT2D eigenvalue weighted by atomic mass is 16.5. The van der Waals surface area contributed by atoms with Gasteiger partial charge in [-0.3, -0.25) is 9.78 Å². The lowest BCUT2D eigenvalue weighted by molar-refractivity contribution is -0.123. The van der Waals surface area contributed by atoms with Crippen LogP contribution >= 0.6 is 0 Å². The Morgan fingerprint density at radius 2 is 1.79 bits per heavy atom. The average molecular weight is 509 g/mol. The second kappa shape index (κ2) is 9.49. The molecule has 1 atom stereocenters. The van der Waals surface area contributed by atoms with Crippen molar-refractivity contribution in [1.82, 2.24) is 4.98 Å². The molecule has 38 heavy (non-hydrogen) atoms. The predicted molar refractivity (Wildman–Crippen MR) is 147 cm³/mol. The number of pyridine rings is 1. The molecule has 0 unspecified atom stereocenters. The zero-order valence-electron chi connectivity index (χ0n) is 21.6. The van der Waals surface area contributed by atoms with Crippen molar-refractivity contribution in [2.45, 2.75) is 45.6 Å². The number of nitrogens with zero attached hydrogens (tertiary/aromatic N) is 1. The molecule has 0 spiro atoms. The number of aryl methyl sites for hydroxylation is 2. The summed E-state index contributed by atoms with van der Waals surface area (Å²) in [5.41, 5.74) is 6.01. The molecule has 2 aromatic heterocycles. The summed E-state index contributed by atoms with van der Waals surface area (Å²) in [4.78, 5) is 31.5. The number of hydrogen-bond acceptors (Lipinski definition) is 6. The molecule has 1 amide bonds. The van der Waals surface area contributed by atoms with Gasteiger partial charge in [0.2, 0.25) is 0 Å². The molecule has 7 heteroatoms. The van der Waals surface area contributed by atoms with E-state index in [1.807, 2.05) is 55.5 Å². The topological polar surface area (TPSA) is 90.7 Å². The first-order valence-electron chi connectivity index (χ1n) is 12.9. The van der Waals surface area contributed by atoms with Crippen LogP contribution in [0.15, 0.2) is 59.0 Å². The predicted octanol–water partition coefficient (Wildman–Crippen LogP) is 6.51. The number of benzene rings is 3. The number of para-hydroxylation sites is 1. The molecule has 2 heterocycles. The van der Waals surface area contributed by atoms with E-state index in [4.69, 9.17) is 18.9 Å².